The van der Waals surface area contributed by atoms with Gasteiger partial charge in [0.05, 0.1) is 6.54 Å². The zero-order chi connectivity index (χ0) is 17.7. The lowest BCUT2D eigenvalue weighted by Gasteiger charge is -2.32. The van der Waals surface area contributed by atoms with Gasteiger partial charge in [0.15, 0.2) is 6.54 Å². The number of nitrogens with one attached hydrogen (secondary N) is 2. The number of rotatable bonds is 5. The lowest BCUT2D eigenvalue weighted by atomic mass is 10.2. The molecule has 1 unspecified atom stereocenters. The number of nitrogens with zero attached hydrogens (tertiary/aromatic N) is 1. The second kappa shape index (κ2) is 8.26. The van der Waals surface area contributed by atoms with Gasteiger partial charge in [-0.2, -0.15) is 0 Å². The molecule has 0 saturated carbocycles. The molecule has 0 aromatic heterocycles. The van der Waals surface area contributed by atoms with Crippen LogP contribution in [0.4, 0.5) is 5.69 Å². The standard InChI is InChI=1S/C18H27N3O3/c1-13-5-7-16(8-6-13)19-17(22)11-20(4)18(23)12-21-9-14(2)24-15(3)10-21/h5-8,14-15H,9-12H2,1-4H3,(H,19,22)/p+1/t14-,15+. The number of amides is 2. The maximum absolute atomic E-state index is 12.3. The maximum Gasteiger partial charge on any atom is 0.277 e. The van der Waals surface area contributed by atoms with E-state index in [0.717, 1.165) is 24.3 Å². The molecule has 2 N–H and O–H groups in total. The van der Waals surface area contributed by atoms with Gasteiger partial charge in [0.25, 0.3) is 5.91 Å². The zero-order valence-corrected chi connectivity index (χ0v) is 15.0. The summed E-state index contributed by atoms with van der Waals surface area (Å²) in [5.41, 5.74) is 1.88. The van der Waals surface area contributed by atoms with Crippen LogP contribution in [0.1, 0.15) is 19.4 Å². The van der Waals surface area contributed by atoms with Crippen molar-refractivity contribution in [2.24, 2.45) is 0 Å². The molecule has 0 spiro atoms. The van der Waals surface area contributed by atoms with Crippen LogP contribution in [0.15, 0.2) is 24.3 Å². The number of hydrogen-bond acceptors (Lipinski definition) is 3. The second-order valence-electron chi connectivity index (χ2n) is 6.76. The number of hydrogen-bond donors (Lipinski definition) is 2. The Balaban J connectivity index is 1.80. The van der Waals surface area contributed by atoms with E-state index in [2.05, 4.69) is 5.32 Å². The first-order valence-corrected chi connectivity index (χ1v) is 8.43. The quantitative estimate of drug-likeness (QED) is 0.802. The summed E-state index contributed by atoms with van der Waals surface area (Å²) in [6.07, 6.45) is 0.318. The van der Waals surface area contributed by atoms with E-state index in [1.54, 1.807) is 7.05 Å². The van der Waals surface area contributed by atoms with E-state index in [-0.39, 0.29) is 30.6 Å². The minimum absolute atomic E-state index is 0.0228. The van der Waals surface area contributed by atoms with Crippen LogP contribution in [-0.4, -0.2) is 62.1 Å². The Labute approximate surface area is 143 Å². The second-order valence-corrected chi connectivity index (χ2v) is 6.76. The molecule has 1 aliphatic rings. The number of likely N-dealkylation sites (N-methyl/N-ethyl adjacent to an activating group) is 1. The Kier molecular flexibility index (Phi) is 6.34. The number of aryl methyl sites for hydroxylation is 1. The van der Waals surface area contributed by atoms with Gasteiger partial charge in [-0.25, -0.2) is 0 Å². The molecule has 0 aliphatic carbocycles. The predicted octanol–water partition coefficient (Wildman–Crippen LogP) is 0.0840. The lowest BCUT2D eigenvalue weighted by Crippen LogP contribution is -3.16. The van der Waals surface area contributed by atoms with Gasteiger partial charge in [-0.05, 0) is 32.9 Å². The fourth-order valence-corrected chi connectivity index (χ4v) is 3.02. The van der Waals surface area contributed by atoms with Crippen molar-refractivity contribution >= 4 is 17.5 Å². The predicted molar refractivity (Wildman–Crippen MR) is 93.0 cm³/mol. The molecule has 1 aliphatic heterocycles. The summed E-state index contributed by atoms with van der Waals surface area (Å²) in [6.45, 7) is 8.14. The Morgan fingerprint density at radius 2 is 1.79 bits per heavy atom. The molecule has 6 nitrogen and oxygen atoms in total. The van der Waals surface area contributed by atoms with E-state index in [0.29, 0.717) is 6.54 Å². The number of carbonyl (C=O) groups is 2. The minimum atomic E-state index is -0.187. The van der Waals surface area contributed by atoms with Crippen molar-refractivity contribution in [3.05, 3.63) is 29.8 Å². The van der Waals surface area contributed by atoms with Gasteiger partial charge in [0, 0.05) is 12.7 Å². The van der Waals surface area contributed by atoms with Gasteiger partial charge in [0.1, 0.15) is 25.3 Å². The molecule has 0 bridgehead atoms. The van der Waals surface area contributed by atoms with Gasteiger partial charge in [-0.15, -0.1) is 0 Å². The molecule has 1 fully saturated rings. The van der Waals surface area contributed by atoms with Crippen LogP contribution in [-0.2, 0) is 14.3 Å². The summed E-state index contributed by atoms with van der Waals surface area (Å²) >= 11 is 0. The molecule has 132 valence electrons. The number of carbonyl (C=O) groups excluding carboxylic acids is 2. The van der Waals surface area contributed by atoms with Crippen molar-refractivity contribution in [3.63, 3.8) is 0 Å². The fourth-order valence-electron chi connectivity index (χ4n) is 3.02. The minimum Gasteiger partial charge on any atom is -0.364 e. The smallest absolute Gasteiger partial charge is 0.277 e. The molecule has 1 heterocycles. The SMILES string of the molecule is Cc1ccc(NC(=O)CN(C)C(=O)C[NH+]2C[C@@H](C)O[C@@H](C)C2)cc1. The van der Waals surface area contributed by atoms with E-state index in [1.807, 2.05) is 45.0 Å². The van der Waals surface area contributed by atoms with E-state index in [1.165, 1.54) is 9.80 Å². The highest BCUT2D eigenvalue weighted by molar-refractivity contribution is 5.94. The Bertz CT molecular complexity index is 563. The van der Waals surface area contributed by atoms with Gasteiger partial charge in [-0.3, -0.25) is 9.59 Å². The third-order valence-electron chi connectivity index (χ3n) is 4.16. The largest absolute Gasteiger partial charge is 0.364 e. The number of morpholine rings is 1. The summed E-state index contributed by atoms with van der Waals surface area (Å²) in [5, 5.41) is 2.81. The zero-order valence-electron chi connectivity index (χ0n) is 15.0. The Hall–Kier alpha value is -1.92. The van der Waals surface area contributed by atoms with Crippen molar-refractivity contribution in [1.29, 1.82) is 0 Å². The molecular formula is C18H28N3O3+. The molecule has 2 rings (SSSR count). The summed E-state index contributed by atoms with van der Waals surface area (Å²) in [6, 6.07) is 7.59. The Morgan fingerprint density at radius 3 is 2.38 bits per heavy atom. The highest BCUT2D eigenvalue weighted by Crippen LogP contribution is 2.08. The topological polar surface area (TPSA) is 63.1 Å². The number of ether oxygens (including phenoxy) is 1. The van der Waals surface area contributed by atoms with Crippen LogP contribution >= 0.6 is 0 Å². The van der Waals surface area contributed by atoms with Gasteiger partial charge < -0.3 is 19.9 Å². The highest BCUT2D eigenvalue weighted by Gasteiger charge is 2.28. The van der Waals surface area contributed by atoms with Crippen molar-refractivity contribution in [2.75, 3.05) is 38.5 Å². The first-order chi connectivity index (χ1) is 11.3. The first kappa shape index (κ1) is 18.4. The van der Waals surface area contributed by atoms with Crippen LogP contribution in [0, 0.1) is 6.92 Å². The first-order valence-electron chi connectivity index (χ1n) is 8.43. The van der Waals surface area contributed by atoms with Crippen LogP contribution in [0.2, 0.25) is 0 Å². The summed E-state index contributed by atoms with van der Waals surface area (Å²) in [5.74, 6) is -0.209. The van der Waals surface area contributed by atoms with Crippen LogP contribution in [0.3, 0.4) is 0 Å². The molecule has 1 saturated heterocycles. The normalized spacial score (nSPS) is 23.6. The molecule has 1 aromatic rings. The monoisotopic (exact) mass is 334 g/mol. The summed E-state index contributed by atoms with van der Waals surface area (Å²) in [4.78, 5) is 27.1. The summed E-state index contributed by atoms with van der Waals surface area (Å²) < 4.78 is 5.69. The average Bonchev–Trinajstić information content (AvgIpc) is 2.48. The number of benzene rings is 1. The van der Waals surface area contributed by atoms with Crippen molar-refractivity contribution in [3.8, 4) is 0 Å². The van der Waals surface area contributed by atoms with E-state index in [9.17, 15) is 9.59 Å². The van der Waals surface area contributed by atoms with E-state index < -0.39 is 0 Å². The van der Waals surface area contributed by atoms with Crippen LogP contribution in [0.5, 0.6) is 0 Å². The molecule has 24 heavy (non-hydrogen) atoms. The van der Waals surface area contributed by atoms with Gasteiger partial charge in [0.2, 0.25) is 5.91 Å². The average molecular weight is 334 g/mol. The third kappa shape index (κ3) is 5.62. The lowest BCUT2D eigenvalue weighted by molar-refractivity contribution is -0.907. The van der Waals surface area contributed by atoms with Crippen LogP contribution in [0.25, 0.3) is 0 Å². The van der Waals surface area contributed by atoms with Crippen molar-refractivity contribution in [2.45, 2.75) is 33.0 Å². The molecule has 0 radical (unpaired) electrons. The maximum atomic E-state index is 12.3. The van der Waals surface area contributed by atoms with Crippen LogP contribution < -0.4 is 10.2 Å². The number of quaternary nitrogens is 1. The molecule has 6 heteroatoms. The van der Waals surface area contributed by atoms with Crippen molar-refractivity contribution < 1.29 is 19.2 Å². The van der Waals surface area contributed by atoms with Gasteiger partial charge in [-0.1, -0.05) is 17.7 Å². The molecule has 3 atom stereocenters. The number of anilines is 1. The summed E-state index contributed by atoms with van der Waals surface area (Å²) in [7, 11) is 1.67. The fraction of sp³-hybridized carbons (Fsp3) is 0.556. The Morgan fingerprint density at radius 1 is 1.21 bits per heavy atom. The molecule has 1 aromatic carbocycles. The molecule has 2 amide bonds. The third-order valence-corrected chi connectivity index (χ3v) is 4.16. The highest BCUT2D eigenvalue weighted by atomic mass is 16.5. The van der Waals surface area contributed by atoms with E-state index in [4.69, 9.17) is 4.74 Å². The van der Waals surface area contributed by atoms with E-state index >= 15 is 0 Å². The molecular weight excluding hydrogens is 306 g/mol. The van der Waals surface area contributed by atoms with Gasteiger partial charge >= 0.3 is 0 Å². The van der Waals surface area contributed by atoms with Crippen molar-refractivity contribution in [1.82, 2.24) is 4.90 Å².